The highest BCUT2D eigenvalue weighted by Gasteiger charge is 2.22. The first kappa shape index (κ1) is 15.8. The van der Waals surface area contributed by atoms with Gasteiger partial charge in [0.25, 0.3) is 0 Å². The van der Waals surface area contributed by atoms with Crippen LogP contribution in [-0.4, -0.2) is 6.54 Å². The molecule has 0 aliphatic carbocycles. The lowest BCUT2D eigenvalue weighted by Gasteiger charge is -2.21. The Kier molecular flexibility index (Phi) is 4.89. The third-order valence-electron chi connectivity index (χ3n) is 4.37. The summed E-state index contributed by atoms with van der Waals surface area (Å²) in [4.78, 5) is 0. The lowest BCUT2D eigenvalue weighted by atomic mass is 9.93. The average molecular weight is 285 g/mol. The number of rotatable bonds is 5. The van der Waals surface area contributed by atoms with Crippen LogP contribution in [0.1, 0.15) is 58.7 Å². The van der Waals surface area contributed by atoms with Crippen molar-refractivity contribution in [3.8, 4) is 0 Å². The summed E-state index contributed by atoms with van der Waals surface area (Å²) in [6.45, 7) is 13.8. The van der Waals surface area contributed by atoms with Gasteiger partial charge in [0.15, 0.2) is 0 Å². The highest BCUT2D eigenvalue weighted by Crippen LogP contribution is 2.32. The maximum absolute atomic E-state index is 5.84. The Bertz CT molecular complexity index is 625. The molecule has 114 valence electrons. The minimum atomic E-state index is 0.210. The first-order valence-electron chi connectivity index (χ1n) is 7.82. The molecule has 1 aromatic carbocycles. The molecule has 0 spiro atoms. The van der Waals surface area contributed by atoms with Crippen LogP contribution in [0.2, 0.25) is 0 Å². The Hall–Kier alpha value is -1.54. The molecule has 21 heavy (non-hydrogen) atoms. The molecular weight excluding hydrogens is 258 g/mol. The quantitative estimate of drug-likeness (QED) is 0.844. The van der Waals surface area contributed by atoms with E-state index >= 15 is 0 Å². The largest absolute Gasteiger partial charge is 0.466 e. The van der Waals surface area contributed by atoms with Gasteiger partial charge in [0.2, 0.25) is 0 Å². The lowest BCUT2D eigenvalue weighted by Crippen LogP contribution is -2.24. The molecule has 1 atom stereocenters. The van der Waals surface area contributed by atoms with Crippen LogP contribution in [-0.2, 0) is 0 Å². The monoisotopic (exact) mass is 285 g/mol. The third-order valence-corrected chi connectivity index (χ3v) is 4.37. The van der Waals surface area contributed by atoms with Crippen molar-refractivity contribution in [2.45, 2.75) is 54.0 Å². The summed E-state index contributed by atoms with van der Waals surface area (Å²) in [5.74, 6) is 2.05. The molecule has 1 heterocycles. The molecule has 2 rings (SSSR count). The minimum absolute atomic E-state index is 0.210. The molecule has 2 nitrogen and oxygen atoms in total. The summed E-state index contributed by atoms with van der Waals surface area (Å²) in [6.07, 6.45) is 1.12. The molecule has 0 aliphatic heterocycles. The van der Waals surface area contributed by atoms with Gasteiger partial charge < -0.3 is 9.73 Å². The second-order valence-electron chi connectivity index (χ2n) is 5.98. The van der Waals surface area contributed by atoms with Crippen molar-refractivity contribution in [1.82, 2.24) is 5.32 Å². The number of aryl methyl sites for hydroxylation is 4. The van der Waals surface area contributed by atoms with E-state index in [2.05, 4.69) is 58.1 Å². The molecule has 0 radical (unpaired) electrons. The lowest BCUT2D eigenvalue weighted by molar-refractivity contribution is 0.493. The van der Waals surface area contributed by atoms with Crippen molar-refractivity contribution < 1.29 is 4.42 Å². The van der Waals surface area contributed by atoms with Gasteiger partial charge >= 0.3 is 0 Å². The normalized spacial score (nSPS) is 12.7. The van der Waals surface area contributed by atoms with Gasteiger partial charge in [-0.05, 0) is 69.8 Å². The molecule has 0 saturated heterocycles. The van der Waals surface area contributed by atoms with E-state index in [0.29, 0.717) is 0 Å². The Labute approximate surface area is 128 Å². The molecule has 2 heteroatoms. The van der Waals surface area contributed by atoms with Gasteiger partial charge in [0, 0.05) is 5.56 Å². The van der Waals surface area contributed by atoms with Gasteiger partial charge in [-0.2, -0.15) is 0 Å². The van der Waals surface area contributed by atoms with Crippen molar-refractivity contribution in [3.05, 3.63) is 57.5 Å². The van der Waals surface area contributed by atoms with E-state index in [1.807, 2.05) is 6.92 Å². The van der Waals surface area contributed by atoms with E-state index < -0.39 is 0 Å². The van der Waals surface area contributed by atoms with Crippen molar-refractivity contribution in [1.29, 1.82) is 0 Å². The highest BCUT2D eigenvalue weighted by molar-refractivity contribution is 5.42. The third kappa shape index (κ3) is 3.21. The zero-order valence-corrected chi connectivity index (χ0v) is 14.1. The van der Waals surface area contributed by atoms with Gasteiger partial charge in [-0.15, -0.1) is 0 Å². The topological polar surface area (TPSA) is 25.2 Å². The Morgan fingerprint density at radius 3 is 2.24 bits per heavy atom. The van der Waals surface area contributed by atoms with E-state index in [-0.39, 0.29) is 6.04 Å². The summed E-state index contributed by atoms with van der Waals surface area (Å²) >= 11 is 0. The van der Waals surface area contributed by atoms with Crippen LogP contribution >= 0.6 is 0 Å². The van der Waals surface area contributed by atoms with Crippen LogP contribution < -0.4 is 5.32 Å². The summed E-state index contributed by atoms with van der Waals surface area (Å²) in [5, 5.41) is 3.68. The second-order valence-corrected chi connectivity index (χ2v) is 5.98. The predicted molar refractivity (Wildman–Crippen MR) is 89.0 cm³/mol. The Balaban J connectivity index is 2.49. The number of hydrogen-bond donors (Lipinski definition) is 1. The number of nitrogens with one attached hydrogen (secondary N) is 1. The van der Waals surface area contributed by atoms with Crippen molar-refractivity contribution >= 4 is 0 Å². The van der Waals surface area contributed by atoms with E-state index in [0.717, 1.165) is 24.5 Å². The van der Waals surface area contributed by atoms with Crippen molar-refractivity contribution in [3.63, 3.8) is 0 Å². The van der Waals surface area contributed by atoms with Crippen LogP contribution in [0.25, 0.3) is 0 Å². The molecule has 0 bridgehead atoms. The summed E-state index contributed by atoms with van der Waals surface area (Å²) in [6, 6.07) is 6.95. The molecule has 0 aliphatic rings. The maximum Gasteiger partial charge on any atom is 0.106 e. The van der Waals surface area contributed by atoms with Crippen molar-refractivity contribution in [2.75, 3.05) is 6.54 Å². The number of hydrogen-bond acceptors (Lipinski definition) is 2. The van der Waals surface area contributed by atoms with Crippen LogP contribution in [0.15, 0.2) is 22.6 Å². The summed E-state index contributed by atoms with van der Waals surface area (Å²) in [5.41, 5.74) is 6.55. The van der Waals surface area contributed by atoms with Gasteiger partial charge in [0.05, 0.1) is 6.04 Å². The highest BCUT2D eigenvalue weighted by atomic mass is 16.3. The summed E-state index contributed by atoms with van der Waals surface area (Å²) in [7, 11) is 0. The second kappa shape index (κ2) is 6.48. The molecule has 0 amide bonds. The fourth-order valence-electron chi connectivity index (χ4n) is 2.85. The van der Waals surface area contributed by atoms with E-state index in [9.17, 15) is 0 Å². The van der Waals surface area contributed by atoms with Crippen LogP contribution in [0.3, 0.4) is 0 Å². The summed E-state index contributed by atoms with van der Waals surface area (Å²) < 4.78 is 5.84. The zero-order valence-electron chi connectivity index (χ0n) is 14.1. The van der Waals surface area contributed by atoms with E-state index in [4.69, 9.17) is 4.42 Å². The number of benzene rings is 1. The maximum atomic E-state index is 5.84. The molecule has 0 fully saturated rings. The minimum Gasteiger partial charge on any atom is -0.466 e. The predicted octanol–water partition coefficient (Wildman–Crippen LogP) is 4.91. The van der Waals surface area contributed by atoms with Gasteiger partial charge in [-0.25, -0.2) is 0 Å². The van der Waals surface area contributed by atoms with Crippen LogP contribution in [0.4, 0.5) is 0 Å². The smallest absolute Gasteiger partial charge is 0.106 e. The standard InChI is InChI=1S/C19H27NO/c1-7-10-20-19(17-9-8-12(2)13(3)11-17)18-14(4)15(5)21-16(18)6/h8-9,11,19-20H,7,10H2,1-6H3. The van der Waals surface area contributed by atoms with Gasteiger partial charge in [0.1, 0.15) is 11.5 Å². The molecule has 1 aromatic heterocycles. The molecule has 2 aromatic rings. The fourth-order valence-corrected chi connectivity index (χ4v) is 2.85. The van der Waals surface area contributed by atoms with Crippen LogP contribution in [0.5, 0.6) is 0 Å². The average Bonchev–Trinajstić information content (AvgIpc) is 2.69. The Morgan fingerprint density at radius 2 is 1.71 bits per heavy atom. The Morgan fingerprint density at radius 1 is 1.00 bits per heavy atom. The molecular formula is C19H27NO. The number of furan rings is 1. The van der Waals surface area contributed by atoms with Gasteiger partial charge in [-0.1, -0.05) is 25.1 Å². The SMILES string of the molecule is CCCNC(c1ccc(C)c(C)c1)c1c(C)oc(C)c1C. The zero-order chi connectivity index (χ0) is 15.6. The first-order chi connectivity index (χ1) is 9.95. The molecule has 1 N–H and O–H groups in total. The molecule has 0 saturated carbocycles. The fraction of sp³-hybridized carbons (Fsp3) is 0.474. The first-order valence-corrected chi connectivity index (χ1v) is 7.82. The van der Waals surface area contributed by atoms with E-state index in [1.165, 1.54) is 27.8 Å². The van der Waals surface area contributed by atoms with Crippen molar-refractivity contribution in [2.24, 2.45) is 0 Å². The van der Waals surface area contributed by atoms with Gasteiger partial charge in [-0.3, -0.25) is 0 Å². The molecule has 1 unspecified atom stereocenters. The van der Waals surface area contributed by atoms with Crippen LogP contribution in [0, 0.1) is 34.6 Å². The van der Waals surface area contributed by atoms with E-state index in [1.54, 1.807) is 0 Å².